The number of carbonyl (C=O) groups is 1. The van der Waals surface area contributed by atoms with E-state index in [1.54, 1.807) is 0 Å². The van der Waals surface area contributed by atoms with Crippen molar-refractivity contribution in [1.29, 1.82) is 0 Å². The van der Waals surface area contributed by atoms with E-state index in [1.807, 2.05) is 0 Å². The summed E-state index contributed by atoms with van der Waals surface area (Å²) in [7, 11) is 0. The summed E-state index contributed by atoms with van der Waals surface area (Å²) in [6.07, 6.45) is 4.11. The first kappa shape index (κ1) is 18.7. The second-order valence-electron chi connectivity index (χ2n) is 7.30. The van der Waals surface area contributed by atoms with Gasteiger partial charge in [-0.25, -0.2) is 0 Å². The highest BCUT2D eigenvalue weighted by atomic mass is 16.2. The monoisotopic (exact) mass is 324 g/mol. The van der Waals surface area contributed by atoms with Crippen molar-refractivity contribution in [3.63, 3.8) is 0 Å². The summed E-state index contributed by atoms with van der Waals surface area (Å²) < 4.78 is 0. The lowest BCUT2D eigenvalue weighted by atomic mass is 10.0. The number of hydrogen-bond acceptors (Lipinski definition) is 4. The van der Waals surface area contributed by atoms with Crippen LogP contribution in [0.25, 0.3) is 0 Å². The largest absolute Gasteiger partial charge is 0.340 e. The summed E-state index contributed by atoms with van der Waals surface area (Å²) in [6.45, 7) is 15.2. The molecule has 5 nitrogen and oxygen atoms in total. The van der Waals surface area contributed by atoms with Gasteiger partial charge in [-0.05, 0) is 33.2 Å². The molecule has 0 bridgehead atoms. The molecule has 0 spiro atoms. The van der Waals surface area contributed by atoms with Gasteiger partial charge in [0.05, 0.1) is 0 Å². The van der Waals surface area contributed by atoms with Gasteiger partial charge in [0.2, 0.25) is 5.91 Å². The number of hydrogen-bond donors (Lipinski definition) is 1. The molecule has 134 valence electrons. The Morgan fingerprint density at radius 1 is 1.13 bits per heavy atom. The number of likely N-dealkylation sites (N-methyl/N-ethyl adjacent to an activating group) is 1. The van der Waals surface area contributed by atoms with E-state index in [9.17, 15) is 4.79 Å². The Kier molecular flexibility index (Phi) is 7.80. The zero-order valence-electron chi connectivity index (χ0n) is 15.4. The molecule has 2 heterocycles. The molecule has 2 rings (SSSR count). The minimum atomic E-state index is 0.362. The first-order chi connectivity index (χ1) is 11.1. The van der Waals surface area contributed by atoms with Crippen LogP contribution in [-0.2, 0) is 4.79 Å². The van der Waals surface area contributed by atoms with E-state index < -0.39 is 0 Å². The lowest BCUT2D eigenvalue weighted by molar-refractivity contribution is -0.133. The van der Waals surface area contributed by atoms with E-state index in [0.717, 1.165) is 71.6 Å². The molecule has 0 saturated carbocycles. The van der Waals surface area contributed by atoms with Gasteiger partial charge in [0.1, 0.15) is 0 Å². The van der Waals surface area contributed by atoms with Crippen LogP contribution >= 0.6 is 0 Å². The highest BCUT2D eigenvalue weighted by Crippen LogP contribution is 2.12. The molecule has 0 aromatic carbocycles. The van der Waals surface area contributed by atoms with Crippen molar-refractivity contribution in [2.75, 3.05) is 52.4 Å². The molecule has 1 unspecified atom stereocenters. The average molecular weight is 325 g/mol. The zero-order chi connectivity index (χ0) is 16.7. The van der Waals surface area contributed by atoms with Crippen LogP contribution in [0.2, 0.25) is 0 Å². The molecule has 1 amide bonds. The van der Waals surface area contributed by atoms with Crippen molar-refractivity contribution < 1.29 is 4.79 Å². The number of carbonyl (C=O) groups excluding carboxylic acids is 1. The van der Waals surface area contributed by atoms with Crippen molar-refractivity contribution in [1.82, 2.24) is 20.0 Å². The maximum Gasteiger partial charge on any atom is 0.222 e. The third-order valence-electron chi connectivity index (χ3n) is 5.38. The summed E-state index contributed by atoms with van der Waals surface area (Å²) in [6, 6.07) is 1.25. The van der Waals surface area contributed by atoms with Crippen LogP contribution in [0, 0.1) is 0 Å². The fourth-order valence-corrected chi connectivity index (χ4v) is 3.65. The molecule has 1 atom stereocenters. The number of amides is 1. The van der Waals surface area contributed by atoms with E-state index in [-0.39, 0.29) is 0 Å². The Balaban J connectivity index is 1.57. The lowest BCUT2D eigenvalue weighted by Crippen LogP contribution is -2.52. The van der Waals surface area contributed by atoms with Gasteiger partial charge in [0.25, 0.3) is 0 Å². The van der Waals surface area contributed by atoms with Crippen LogP contribution in [0.1, 0.15) is 46.5 Å². The Morgan fingerprint density at radius 3 is 2.52 bits per heavy atom. The molecular weight excluding hydrogens is 288 g/mol. The SMILES string of the molecule is CCN1CCN(C(=O)CCCCC2CN(C(C)C)CCN2)CC1. The summed E-state index contributed by atoms with van der Waals surface area (Å²) in [4.78, 5) is 19.3. The van der Waals surface area contributed by atoms with E-state index in [0.29, 0.717) is 18.0 Å². The van der Waals surface area contributed by atoms with Crippen LogP contribution in [0.3, 0.4) is 0 Å². The molecule has 5 heteroatoms. The third-order valence-corrected chi connectivity index (χ3v) is 5.38. The predicted octanol–water partition coefficient (Wildman–Crippen LogP) is 1.39. The van der Waals surface area contributed by atoms with Crippen molar-refractivity contribution in [2.24, 2.45) is 0 Å². The maximum absolute atomic E-state index is 12.3. The molecule has 0 radical (unpaired) electrons. The van der Waals surface area contributed by atoms with E-state index in [1.165, 1.54) is 6.42 Å². The summed E-state index contributed by atoms with van der Waals surface area (Å²) in [5.74, 6) is 0.362. The second-order valence-corrected chi connectivity index (χ2v) is 7.30. The molecule has 23 heavy (non-hydrogen) atoms. The minimum Gasteiger partial charge on any atom is -0.340 e. The molecular formula is C18H36N4O. The maximum atomic E-state index is 12.3. The van der Waals surface area contributed by atoms with E-state index in [4.69, 9.17) is 0 Å². The predicted molar refractivity (Wildman–Crippen MR) is 95.7 cm³/mol. The summed E-state index contributed by atoms with van der Waals surface area (Å²) in [5, 5.41) is 3.62. The van der Waals surface area contributed by atoms with Gasteiger partial charge in [-0.15, -0.1) is 0 Å². The minimum absolute atomic E-state index is 0.362. The van der Waals surface area contributed by atoms with Crippen LogP contribution in [0.15, 0.2) is 0 Å². The lowest BCUT2D eigenvalue weighted by Gasteiger charge is -2.36. The van der Waals surface area contributed by atoms with Crippen molar-refractivity contribution in [3.8, 4) is 0 Å². The third kappa shape index (κ3) is 6.05. The Hall–Kier alpha value is -0.650. The smallest absolute Gasteiger partial charge is 0.222 e. The number of nitrogens with one attached hydrogen (secondary N) is 1. The number of unbranched alkanes of at least 4 members (excludes halogenated alkanes) is 1. The number of rotatable bonds is 7. The van der Waals surface area contributed by atoms with Gasteiger partial charge in [-0.2, -0.15) is 0 Å². The fourth-order valence-electron chi connectivity index (χ4n) is 3.65. The van der Waals surface area contributed by atoms with Crippen molar-refractivity contribution in [3.05, 3.63) is 0 Å². The molecule has 0 aliphatic carbocycles. The van der Waals surface area contributed by atoms with Gasteiger partial charge < -0.3 is 15.1 Å². The highest BCUT2D eigenvalue weighted by molar-refractivity contribution is 5.76. The first-order valence-corrected chi connectivity index (χ1v) is 9.57. The number of nitrogens with zero attached hydrogens (tertiary/aromatic N) is 3. The van der Waals surface area contributed by atoms with Gasteiger partial charge in [0.15, 0.2) is 0 Å². The van der Waals surface area contributed by atoms with Crippen molar-refractivity contribution in [2.45, 2.75) is 58.5 Å². The normalized spacial score (nSPS) is 24.3. The second kappa shape index (κ2) is 9.60. The molecule has 2 fully saturated rings. The Morgan fingerprint density at radius 2 is 1.87 bits per heavy atom. The van der Waals surface area contributed by atoms with Crippen LogP contribution in [-0.4, -0.2) is 85.0 Å². The molecule has 0 aromatic heterocycles. The average Bonchev–Trinajstić information content (AvgIpc) is 2.59. The Labute approximate surface area is 142 Å². The van der Waals surface area contributed by atoms with Crippen LogP contribution < -0.4 is 5.32 Å². The molecule has 0 aromatic rings. The van der Waals surface area contributed by atoms with Gasteiger partial charge >= 0.3 is 0 Å². The van der Waals surface area contributed by atoms with Crippen LogP contribution in [0.4, 0.5) is 0 Å². The van der Waals surface area contributed by atoms with Gasteiger partial charge in [-0.1, -0.05) is 13.3 Å². The zero-order valence-corrected chi connectivity index (χ0v) is 15.4. The number of piperazine rings is 2. The standard InChI is InChI=1S/C18H36N4O/c1-4-20-11-13-21(14-12-20)18(23)8-6-5-7-17-15-22(16(2)3)10-9-19-17/h16-17,19H,4-15H2,1-3H3. The quantitative estimate of drug-likeness (QED) is 0.719. The Bertz CT molecular complexity index is 353. The van der Waals surface area contributed by atoms with E-state index in [2.05, 4.69) is 40.8 Å². The topological polar surface area (TPSA) is 38.8 Å². The molecule has 2 saturated heterocycles. The van der Waals surface area contributed by atoms with Crippen LogP contribution in [0.5, 0.6) is 0 Å². The van der Waals surface area contributed by atoms with Gasteiger partial charge in [-0.3, -0.25) is 9.69 Å². The fraction of sp³-hybridized carbons (Fsp3) is 0.944. The van der Waals surface area contributed by atoms with Crippen molar-refractivity contribution >= 4 is 5.91 Å². The molecule has 1 N–H and O–H groups in total. The first-order valence-electron chi connectivity index (χ1n) is 9.57. The molecule has 2 aliphatic heterocycles. The van der Waals surface area contributed by atoms with E-state index >= 15 is 0 Å². The molecule has 2 aliphatic rings. The van der Waals surface area contributed by atoms with Gasteiger partial charge in [0, 0.05) is 64.3 Å². The summed E-state index contributed by atoms with van der Waals surface area (Å²) >= 11 is 0. The highest BCUT2D eigenvalue weighted by Gasteiger charge is 2.22. The summed E-state index contributed by atoms with van der Waals surface area (Å²) in [5.41, 5.74) is 0.